The summed E-state index contributed by atoms with van der Waals surface area (Å²) in [6.45, 7) is 7.22. The third-order valence-electron chi connectivity index (χ3n) is 3.13. The molecule has 0 aliphatic carbocycles. The van der Waals surface area contributed by atoms with Gasteiger partial charge in [-0.25, -0.2) is 0 Å². The molecule has 1 amide bonds. The fourth-order valence-electron chi connectivity index (χ4n) is 2.46. The van der Waals surface area contributed by atoms with Gasteiger partial charge in [-0.3, -0.25) is 14.7 Å². The van der Waals surface area contributed by atoms with E-state index in [4.69, 9.17) is 5.73 Å². The molecule has 1 fully saturated rings. The van der Waals surface area contributed by atoms with E-state index in [0.717, 1.165) is 25.3 Å². The van der Waals surface area contributed by atoms with E-state index in [2.05, 4.69) is 29.0 Å². The van der Waals surface area contributed by atoms with Gasteiger partial charge in [0.1, 0.15) is 0 Å². The lowest BCUT2D eigenvalue weighted by atomic mass is 10.1. The Kier molecular flexibility index (Phi) is 3.93. The Bertz CT molecular complexity index is 408. The first-order valence-electron chi connectivity index (χ1n) is 6.27. The zero-order valence-electron chi connectivity index (χ0n) is 10.9. The predicted molar refractivity (Wildman–Crippen MR) is 70.1 cm³/mol. The van der Waals surface area contributed by atoms with Gasteiger partial charge in [0.2, 0.25) is 5.91 Å². The van der Waals surface area contributed by atoms with Crippen molar-refractivity contribution in [3.8, 4) is 0 Å². The number of hydrogen-bond acceptors (Lipinski definition) is 4. The van der Waals surface area contributed by atoms with Gasteiger partial charge in [0.15, 0.2) is 0 Å². The summed E-state index contributed by atoms with van der Waals surface area (Å²) in [6, 6.07) is 4.61. The van der Waals surface area contributed by atoms with Crippen LogP contribution in [0, 0.1) is 0 Å². The quantitative estimate of drug-likeness (QED) is 0.810. The maximum Gasteiger partial charge on any atom is 0.250 e. The summed E-state index contributed by atoms with van der Waals surface area (Å²) in [7, 11) is 0. The molecule has 98 valence electrons. The van der Waals surface area contributed by atoms with E-state index < -0.39 is 5.91 Å². The van der Waals surface area contributed by atoms with Gasteiger partial charge in [-0.15, -0.1) is 0 Å². The summed E-state index contributed by atoms with van der Waals surface area (Å²) in [6.07, 6.45) is 1.55. The fourth-order valence-corrected chi connectivity index (χ4v) is 2.46. The van der Waals surface area contributed by atoms with Crippen molar-refractivity contribution >= 4 is 5.91 Å². The van der Waals surface area contributed by atoms with Crippen LogP contribution >= 0.6 is 0 Å². The van der Waals surface area contributed by atoms with Crippen LogP contribution in [0.2, 0.25) is 0 Å². The summed E-state index contributed by atoms with van der Waals surface area (Å²) in [5.74, 6) is -0.432. The standard InChI is InChI=1S/C13H20N4O/c1-9-6-17(7-10(2)16-9)8-12-4-3-11(5-15-12)13(14)18/h3-5,9-10,16H,6-8H2,1-2H3,(H2,14,18)/t9-,10+. The number of nitrogens with two attached hydrogens (primary N) is 1. The van der Waals surface area contributed by atoms with Gasteiger partial charge in [0, 0.05) is 37.9 Å². The monoisotopic (exact) mass is 248 g/mol. The van der Waals surface area contributed by atoms with Crippen molar-refractivity contribution in [3.05, 3.63) is 29.6 Å². The van der Waals surface area contributed by atoms with Gasteiger partial charge < -0.3 is 11.1 Å². The average molecular weight is 248 g/mol. The summed E-state index contributed by atoms with van der Waals surface area (Å²) in [4.78, 5) is 17.6. The second-order valence-electron chi connectivity index (χ2n) is 5.07. The van der Waals surface area contributed by atoms with E-state index in [-0.39, 0.29) is 0 Å². The topological polar surface area (TPSA) is 71.2 Å². The molecule has 1 aliphatic heterocycles. The van der Waals surface area contributed by atoms with E-state index in [1.165, 1.54) is 0 Å². The molecule has 2 atom stereocenters. The van der Waals surface area contributed by atoms with Crippen LogP contribution < -0.4 is 11.1 Å². The number of primary amides is 1. The number of amides is 1. The molecule has 1 saturated heterocycles. The Morgan fingerprint density at radius 3 is 2.61 bits per heavy atom. The highest BCUT2D eigenvalue weighted by molar-refractivity contribution is 5.92. The average Bonchev–Trinajstić information content (AvgIpc) is 2.28. The Morgan fingerprint density at radius 1 is 1.44 bits per heavy atom. The summed E-state index contributed by atoms with van der Waals surface area (Å²) >= 11 is 0. The Hall–Kier alpha value is -1.46. The van der Waals surface area contributed by atoms with Gasteiger partial charge in [-0.1, -0.05) is 0 Å². The van der Waals surface area contributed by atoms with Crippen molar-refractivity contribution in [2.45, 2.75) is 32.5 Å². The summed E-state index contributed by atoms with van der Waals surface area (Å²) in [5.41, 5.74) is 6.62. The van der Waals surface area contributed by atoms with E-state index in [9.17, 15) is 4.79 Å². The minimum atomic E-state index is -0.432. The van der Waals surface area contributed by atoms with Gasteiger partial charge >= 0.3 is 0 Å². The van der Waals surface area contributed by atoms with Crippen LogP contribution in [0.4, 0.5) is 0 Å². The van der Waals surface area contributed by atoms with Crippen molar-refractivity contribution in [1.29, 1.82) is 0 Å². The van der Waals surface area contributed by atoms with Crippen molar-refractivity contribution in [2.24, 2.45) is 5.73 Å². The molecule has 5 nitrogen and oxygen atoms in total. The molecule has 0 unspecified atom stereocenters. The molecule has 18 heavy (non-hydrogen) atoms. The van der Waals surface area contributed by atoms with Crippen LogP contribution in [-0.4, -0.2) is 41.0 Å². The van der Waals surface area contributed by atoms with Crippen LogP contribution in [0.1, 0.15) is 29.9 Å². The number of aromatic nitrogens is 1. The van der Waals surface area contributed by atoms with Crippen molar-refractivity contribution < 1.29 is 4.79 Å². The summed E-state index contributed by atoms with van der Waals surface area (Å²) in [5, 5.41) is 3.50. The highest BCUT2D eigenvalue weighted by Gasteiger charge is 2.20. The number of nitrogens with one attached hydrogen (secondary N) is 1. The zero-order chi connectivity index (χ0) is 13.1. The lowest BCUT2D eigenvalue weighted by molar-refractivity contribution is 0.1000. The van der Waals surface area contributed by atoms with E-state index in [1.807, 2.05) is 6.07 Å². The second kappa shape index (κ2) is 5.46. The van der Waals surface area contributed by atoms with Crippen LogP contribution in [-0.2, 0) is 6.54 Å². The molecule has 0 saturated carbocycles. The number of pyridine rings is 1. The van der Waals surface area contributed by atoms with Crippen molar-refractivity contribution in [2.75, 3.05) is 13.1 Å². The molecular formula is C13H20N4O. The predicted octanol–water partition coefficient (Wildman–Crippen LogP) is 0.363. The Labute approximate surface area is 107 Å². The van der Waals surface area contributed by atoms with Crippen molar-refractivity contribution in [3.63, 3.8) is 0 Å². The Morgan fingerprint density at radius 2 is 2.11 bits per heavy atom. The molecule has 5 heteroatoms. The lowest BCUT2D eigenvalue weighted by Gasteiger charge is -2.35. The highest BCUT2D eigenvalue weighted by atomic mass is 16.1. The third kappa shape index (κ3) is 3.27. The molecule has 0 aromatic carbocycles. The normalized spacial score (nSPS) is 25.0. The maximum atomic E-state index is 11.0. The minimum Gasteiger partial charge on any atom is -0.366 e. The highest BCUT2D eigenvalue weighted by Crippen LogP contribution is 2.09. The number of carbonyl (C=O) groups excluding carboxylic acids is 1. The Balaban J connectivity index is 1.98. The molecular weight excluding hydrogens is 228 g/mol. The van der Waals surface area contributed by atoms with Gasteiger partial charge in [-0.05, 0) is 26.0 Å². The van der Waals surface area contributed by atoms with E-state index in [0.29, 0.717) is 17.6 Å². The molecule has 1 aromatic rings. The molecule has 2 heterocycles. The van der Waals surface area contributed by atoms with Gasteiger partial charge in [-0.2, -0.15) is 0 Å². The minimum absolute atomic E-state index is 0.432. The van der Waals surface area contributed by atoms with Crippen LogP contribution in [0.5, 0.6) is 0 Å². The second-order valence-corrected chi connectivity index (χ2v) is 5.07. The molecule has 1 aliphatic rings. The van der Waals surface area contributed by atoms with Crippen LogP contribution in [0.3, 0.4) is 0 Å². The first-order chi connectivity index (χ1) is 8.54. The third-order valence-corrected chi connectivity index (χ3v) is 3.13. The zero-order valence-corrected chi connectivity index (χ0v) is 10.9. The number of hydrogen-bond donors (Lipinski definition) is 2. The molecule has 3 N–H and O–H groups in total. The van der Waals surface area contributed by atoms with Crippen LogP contribution in [0.15, 0.2) is 18.3 Å². The van der Waals surface area contributed by atoms with Crippen LogP contribution in [0.25, 0.3) is 0 Å². The molecule has 2 rings (SSSR count). The number of piperazine rings is 1. The molecule has 0 radical (unpaired) electrons. The molecule has 1 aromatic heterocycles. The first-order valence-corrected chi connectivity index (χ1v) is 6.27. The van der Waals surface area contributed by atoms with Gasteiger partial charge in [0.05, 0.1) is 11.3 Å². The lowest BCUT2D eigenvalue weighted by Crippen LogP contribution is -2.53. The SMILES string of the molecule is C[C@@H]1CN(Cc2ccc(C(N)=O)cn2)C[C@H](C)N1. The van der Waals surface area contributed by atoms with E-state index in [1.54, 1.807) is 12.3 Å². The number of carbonyl (C=O) groups is 1. The maximum absolute atomic E-state index is 11.0. The van der Waals surface area contributed by atoms with Crippen molar-refractivity contribution in [1.82, 2.24) is 15.2 Å². The first kappa shape index (κ1) is 13.0. The fraction of sp³-hybridized carbons (Fsp3) is 0.538. The molecule has 0 bridgehead atoms. The summed E-state index contributed by atoms with van der Waals surface area (Å²) < 4.78 is 0. The number of rotatable bonds is 3. The number of nitrogens with zero attached hydrogens (tertiary/aromatic N) is 2. The molecule has 0 spiro atoms. The van der Waals surface area contributed by atoms with Gasteiger partial charge in [0.25, 0.3) is 0 Å². The smallest absolute Gasteiger partial charge is 0.250 e. The van der Waals surface area contributed by atoms with E-state index >= 15 is 0 Å². The largest absolute Gasteiger partial charge is 0.366 e.